The van der Waals surface area contributed by atoms with Gasteiger partial charge in [-0.1, -0.05) is 23.2 Å². The van der Waals surface area contributed by atoms with E-state index < -0.39 is 0 Å². The maximum absolute atomic E-state index is 12.2. The van der Waals surface area contributed by atoms with Crippen molar-refractivity contribution in [3.05, 3.63) is 20.3 Å². The maximum Gasteiger partial charge on any atom is 0.256 e. The molecule has 0 aromatic carbocycles. The maximum atomic E-state index is 12.2. The van der Waals surface area contributed by atoms with Crippen LogP contribution in [0, 0.1) is 5.92 Å². The van der Waals surface area contributed by atoms with E-state index in [1.807, 2.05) is 0 Å². The number of carbonyl (C=O) groups is 1. The van der Waals surface area contributed by atoms with Crippen molar-refractivity contribution in [1.29, 1.82) is 0 Å². The summed E-state index contributed by atoms with van der Waals surface area (Å²) < 4.78 is 0.973. The highest BCUT2D eigenvalue weighted by Crippen LogP contribution is 2.36. The molecule has 0 aliphatic heterocycles. The van der Waals surface area contributed by atoms with Gasteiger partial charge >= 0.3 is 0 Å². The fraction of sp³-hybridized carbons (Fsp3) is 0.545. The minimum atomic E-state index is -0.0968. The highest BCUT2D eigenvalue weighted by Gasteiger charge is 2.35. The number of nitrogens with two attached hydrogens (primary N) is 1. The fourth-order valence-electron chi connectivity index (χ4n) is 1.97. The summed E-state index contributed by atoms with van der Waals surface area (Å²) in [7, 11) is 1.78. The Morgan fingerprint density at radius 3 is 2.71 bits per heavy atom. The van der Waals surface area contributed by atoms with Crippen molar-refractivity contribution in [1.82, 2.24) is 4.90 Å². The Bertz CT molecular complexity index is 431. The number of rotatable bonds is 4. The van der Waals surface area contributed by atoms with Crippen LogP contribution in [-0.2, 0) is 0 Å². The topological polar surface area (TPSA) is 46.3 Å². The molecule has 17 heavy (non-hydrogen) atoms. The molecule has 6 heteroatoms. The number of nitrogens with zero attached hydrogens (tertiary/aromatic N) is 1. The number of thiophene rings is 1. The molecule has 1 unspecified atom stereocenters. The molecule has 0 saturated heterocycles. The Balaban J connectivity index is 2.15. The molecule has 94 valence electrons. The third-order valence-electron chi connectivity index (χ3n) is 3.11. The van der Waals surface area contributed by atoms with Gasteiger partial charge in [-0.3, -0.25) is 4.79 Å². The second-order valence-corrected chi connectivity index (χ2v) is 6.58. The first-order chi connectivity index (χ1) is 8.04. The summed E-state index contributed by atoms with van der Waals surface area (Å²) in [5.74, 6) is 0.447. The Morgan fingerprint density at radius 1 is 1.65 bits per heavy atom. The molecule has 1 aromatic rings. The van der Waals surface area contributed by atoms with Crippen LogP contribution < -0.4 is 5.73 Å². The first-order valence-electron chi connectivity index (χ1n) is 5.46. The molecule has 1 aromatic heterocycles. The number of amides is 1. The van der Waals surface area contributed by atoms with Crippen molar-refractivity contribution in [3.8, 4) is 0 Å². The monoisotopic (exact) mass is 292 g/mol. The molecule has 0 bridgehead atoms. The molecule has 1 aliphatic rings. The van der Waals surface area contributed by atoms with Crippen molar-refractivity contribution in [2.45, 2.75) is 18.9 Å². The second-order valence-electron chi connectivity index (χ2n) is 4.29. The molecule has 0 spiro atoms. The molecule has 0 radical (unpaired) electrons. The molecule has 1 fully saturated rings. The van der Waals surface area contributed by atoms with E-state index >= 15 is 0 Å². The lowest BCUT2D eigenvalue weighted by Gasteiger charge is -2.27. The van der Waals surface area contributed by atoms with Gasteiger partial charge in [0.15, 0.2) is 0 Å². The third kappa shape index (κ3) is 2.76. The van der Waals surface area contributed by atoms with E-state index in [-0.39, 0.29) is 11.9 Å². The standard InChI is InChI=1S/C11H14Cl2N2OS/c1-15(8(5-14)6-2-3-6)11(16)7-4-9(12)17-10(7)13/h4,6,8H,2-3,5,14H2,1H3. The first kappa shape index (κ1) is 13.1. The summed E-state index contributed by atoms with van der Waals surface area (Å²) in [5, 5.41) is 0. The molecular weight excluding hydrogens is 279 g/mol. The molecule has 1 saturated carbocycles. The summed E-state index contributed by atoms with van der Waals surface area (Å²) in [6.07, 6.45) is 2.30. The quantitative estimate of drug-likeness (QED) is 0.928. The Morgan fingerprint density at radius 2 is 2.29 bits per heavy atom. The SMILES string of the molecule is CN(C(=O)c1cc(Cl)sc1Cl)C(CN)C1CC1. The van der Waals surface area contributed by atoms with Crippen LogP contribution >= 0.6 is 34.5 Å². The Hall–Kier alpha value is -0.290. The van der Waals surface area contributed by atoms with Gasteiger partial charge in [-0.2, -0.15) is 0 Å². The van der Waals surface area contributed by atoms with Crippen LogP contribution in [0.3, 0.4) is 0 Å². The number of carbonyl (C=O) groups excluding carboxylic acids is 1. The van der Waals surface area contributed by atoms with E-state index in [0.717, 1.165) is 12.8 Å². The van der Waals surface area contributed by atoms with E-state index in [2.05, 4.69) is 0 Å². The van der Waals surface area contributed by atoms with E-state index in [4.69, 9.17) is 28.9 Å². The van der Waals surface area contributed by atoms with Crippen LogP contribution in [0.4, 0.5) is 0 Å². The molecule has 2 N–H and O–H groups in total. The highest BCUT2D eigenvalue weighted by molar-refractivity contribution is 7.20. The lowest BCUT2D eigenvalue weighted by molar-refractivity contribution is 0.0719. The minimum Gasteiger partial charge on any atom is -0.337 e. The highest BCUT2D eigenvalue weighted by atomic mass is 35.5. The van der Waals surface area contributed by atoms with Crippen molar-refractivity contribution in [3.63, 3.8) is 0 Å². The zero-order valence-electron chi connectivity index (χ0n) is 9.45. The predicted octanol–water partition coefficient (Wildman–Crippen LogP) is 2.86. The number of likely N-dealkylation sites (N-methyl/N-ethyl adjacent to an activating group) is 1. The Kier molecular flexibility index (Phi) is 3.98. The molecule has 1 heterocycles. The Labute approximate surface area is 114 Å². The van der Waals surface area contributed by atoms with Crippen LogP contribution in [0.5, 0.6) is 0 Å². The van der Waals surface area contributed by atoms with Gasteiger partial charge in [-0.15, -0.1) is 11.3 Å². The van der Waals surface area contributed by atoms with Gasteiger partial charge in [0.05, 0.1) is 9.90 Å². The van der Waals surface area contributed by atoms with E-state index in [1.165, 1.54) is 11.3 Å². The fourth-order valence-corrected chi connectivity index (χ4v) is 3.42. The van der Waals surface area contributed by atoms with Gasteiger partial charge in [0, 0.05) is 19.6 Å². The number of hydrogen-bond donors (Lipinski definition) is 1. The van der Waals surface area contributed by atoms with Crippen LogP contribution in [0.2, 0.25) is 8.67 Å². The smallest absolute Gasteiger partial charge is 0.256 e. The molecule has 1 amide bonds. The molecule has 1 atom stereocenters. The number of hydrogen-bond acceptors (Lipinski definition) is 3. The summed E-state index contributed by atoms with van der Waals surface area (Å²) in [4.78, 5) is 13.9. The lowest BCUT2D eigenvalue weighted by atomic mass is 10.1. The van der Waals surface area contributed by atoms with E-state index in [0.29, 0.717) is 26.7 Å². The summed E-state index contributed by atoms with van der Waals surface area (Å²) in [5.41, 5.74) is 6.20. The zero-order chi connectivity index (χ0) is 12.6. The minimum absolute atomic E-state index is 0.0968. The van der Waals surface area contributed by atoms with Gasteiger partial charge in [-0.25, -0.2) is 0 Å². The normalized spacial score (nSPS) is 16.9. The van der Waals surface area contributed by atoms with Gasteiger partial charge in [0.1, 0.15) is 4.34 Å². The molecule has 1 aliphatic carbocycles. The van der Waals surface area contributed by atoms with E-state index in [9.17, 15) is 4.79 Å². The van der Waals surface area contributed by atoms with Gasteiger partial charge in [0.25, 0.3) is 5.91 Å². The van der Waals surface area contributed by atoms with Crippen molar-refractivity contribution >= 4 is 40.4 Å². The molecular formula is C11H14Cl2N2OS. The molecule has 3 nitrogen and oxygen atoms in total. The van der Waals surface area contributed by atoms with Gasteiger partial charge in [-0.05, 0) is 24.8 Å². The zero-order valence-corrected chi connectivity index (χ0v) is 11.8. The van der Waals surface area contributed by atoms with Crippen LogP contribution in [0.1, 0.15) is 23.2 Å². The molecule has 2 rings (SSSR count). The number of halogens is 2. The third-order valence-corrected chi connectivity index (χ3v) is 4.60. The summed E-state index contributed by atoms with van der Waals surface area (Å²) >= 11 is 13.0. The van der Waals surface area contributed by atoms with Crippen LogP contribution in [0.25, 0.3) is 0 Å². The van der Waals surface area contributed by atoms with Crippen LogP contribution in [0.15, 0.2) is 6.07 Å². The second kappa shape index (κ2) is 5.14. The van der Waals surface area contributed by atoms with Crippen molar-refractivity contribution in [2.75, 3.05) is 13.6 Å². The largest absolute Gasteiger partial charge is 0.337 e. The van der Waals surface area contributed by atoms with Crippen molar-refractivity contribution < 1.29 is 4.79 Å². The predicted molar refractivity (Wildman–Crippen MR) is 72.0 cm³/mol. The summed E-state index contributed by atoms with van der Waals surface area (Å²) in [6, 6.07) is 1.73. The van der Waals surface area contributed by atoms with Crippen molar-refractivity contribution in [2.24, 2.45) is 11.7 Å². The lowest BCUT2D eigenvalue weighted by Crippen LogP contribution is -2.43. The van der Waals surface area contributed by atoms with Crippen LogP contribution in [-0.4, -0.2) is 30.4 Å². The summed E-state index contributed by atoms with van der Waals surface area (Å²) in [6.45, 7) is 0.488. The average Bonchev–Trinajstić information content (AvgIpc) is 3.04. The van der Waals surface area contributed by atoms with E-state index in [1.54, 1.807) is 18.0 Å². The average molecular weight is 293 g/mol. The first-order valence-corrected chi connectivity index (χ1v) is 7.04. The van der Waals surface area contributed by atoms with Gasteiger partial charge < -0.3 is 10.6 Å². The van der Waals surface area contributed by atoms with Gasteiger partial charge in [0.2, 0.25) is 0 Å².